The van der Waals surface area contributed by atoms with Crippen LogP contribution in [0.5, 0.6) is 0 Å². The molecule has 4 nitrogen and oxygen atoms in total. The van der Waals surface area contributed by atoms with Crippen molar-refractivity contribution in [2.45, 2.75) is 56.1 Å². The van der Waals surface area contributed by atoms with Crippen molar-refractivity contribution >= 4 is 5.91 Å². The highest BCUT2D eigenvalue weighted by Crippen LogP contribution is 2.32. The van der Waals surface area contributed by atoms with Crippen LogP contribution in [-0.4, -0.2) is 23.5 Å². The zero-order chi connectivity index (χ0) is 10.2. The van der Waals surface area contributed by atoms with Crippen LogP contribution < -0.4 is 16.8 Å². The van der Waals surface area contributed by atoms with Crippen LogP contribution in [0.4, 0.5) is 0 Å². The molecule has 0 aromatic carbocycles. The second-order valence-electron chi connectivity index (χ2n) is 4.74. The van der Waals surface area contributed by atoms with Crippen molar-refractivity contribution in [3.63, 3.8) is 0 Å². The first-order valence-electron chi connectivity index (χ1n) is 5.45. The summed E-state index contributed by atoms with van der Waals surface area (Å²) in [5.41, 5.74) is 11.1. The Kier molecular flexibility index (Phi) is 2.49. The lowest BCUT2D eigenvalue weighted by Gasteiger charge is -2.27. The van der Waals surface area contributed by atoms with Crippen molar-refractivity contribution in [3.05, 3.63) is 0 Å². The third-order valence-electron chi connectivity index (χ3n) is 3.35. The molecule has 14 heavy (non-hydrogen) atoms. The fourth-order valence-electron chi connectivity index (χ4n) is 1.95. The van der Waals surface area contributed by atoms with Gasteiger partial charge in [-0.25, -0.2) is 0 Å². The highest BCUT2D eigenvalue weighted by Gasteiger charge is 2.46. The molecule has 4 heteroatoms. The minimum atomic E-state index is -0.528. The summed E-state index contributed by atoms with van der Waals surface area (Å²) in [5.74, 6) is 0.0398. The number of hydrogen-bond acceptors (Lipinski definition) is 3. The van der Waals surface area contributed by atoms with Gasteiger partial charge >= 0.3 is 0 Å². The van der Waals surface area contributed by atoms with E-state index in [0.29, 0.717) is 12.1 Å². The Morgan fingerprint density at radius 2 is 1.79 bits per heavy atom. The van der Waals surface area contributed by atoms with Gasteiger partial charge in [0.05, 0.1) is 5.54 Å². The second kappa shape index (κ2) is 3.51. The number of carbonyl (C=O) groups excluding carboxylic acids is 1. The van der Waals surface area contributed by atoms with Crippen LogP contribution >= 0.6 is 0 Å². The number of nitrogens with two attached hydrogens (primary N) is 2. The highest BCUT2D eigenvalue weighted by molar-refractivity contribution is 5.89. The first-order chi connectivity index (χ1) is 6.60. The number of hydrogen-bond donors (Lipinski definition) is 3. The summed E-state index contributed by atoms with van der Waals surface area (Å²) in [6.07, 6.45) is 5.72. The molecule has 0 radical (unpaired) electrons. The zero-order valence-corrected chi connectivity index (χ0v) is 8.46. The fraction of sp³-hybridized carbons (Fsp3) is 0.900. The molecule has 80 valence electrons. The molecule has 2 fully saturated rings. The molecule has 0 spiro atoms. The minimum absolute atomic E-state index is 0.0398. The summed E-state index contributed by atoms with van der Waals surface area (Å²) in [6.45, 7) is 0. The number of amides is 1. The van der Waals surface area contributed by atoms with Gasteiger partial charge in [-0.3, -0.25) is 4.79 Å². The van der Waals surface area contributed by atoms with Crippen molar-refractivity contribution in [3.8, 4) is 0 Å². The van der Waals surface area contributed by atoms with Crippen molar-refractivity contribution < 1.29 is 4.79 Å². The van der Waals surface area contributed by atoms with Crippen molar-refractivity contribution in [1.29, 1.82) is 0 Å². The minimum Gasteiger partial charge on any atom is -0.352 e. The maximum atomic E-state index is 11.6. The lowest BCUT2D eigenvalue weighted by molar-refractivity contribution is -0.124. The molecule has 0 aliphatic heterocycles. The van der Waals surface area contributed by atoms with E-state index in [1.54, 1.807) is 0 Å². The predicted octanol–water partition coefficient (Wildman–Crippen LogP) is -0.136. The van der Waals surface area contributed by atoms with Gasteiger partial charge in [-0.2, -0.15) is 0 Å². The van der Waals surface area contributed by atoms with E-state index in [-0.39, 0.29) is 5.91 Å². The smallest absolute Gasteiger partial charge is 0.240 e. The van der Waals surface area contributed by atoms with Gasteiger partial charge in [0.2, 0.25) is 5.91 Å². The van der Waals surface area contributed by atoms with E-state index < -0.39 is 5.54 Å². The zero-order valence-electron chi connectivity index (χ0n) is 8.46. The van der Waals surface area contributed by atoms with Gasteiger partial charge in [-0.15, -0.1) is 0 Å². The fourth-order valence-corrected chi connectivity index (χ4v) is 1.95. The molecule has 2 aliphatic rings. The van der Waals surface area contributed by atoms with Gasteiger partial charge in [0.15, 0.2) is 0 Å². The Bertz CT molecular complexity index is 230. The van der Waals surface area contributed by atoms with Crippen LogP contribution in [0.25, 0.3) is 0 Å². The average molecular weight is 197 g/mol. The summed E-state index contributed by atoms with van der Waals surface area (Å²) in [5, 5.41) is 3.02. The number of rotatable bonds is 2. The number of nitrogens with one attached hydrogen (secondary N) is 1. The maximum absolute atomic E-state index is 11.6. The van der Waals surface area contributed by atoms with Crippen molar-refractivity contribution in [2.75, 3.05) is 0 Å². The van der Waals surface area contributed by atoms with Crippen LogP contribution in [0, 0.1) is 0 Å². The summed E-state index contributed by atoms with van der Waals surface area (Å²) >= 11 is 0. The molecular weight excluding hydrogens is 178 g/mol. The first kappa shape index (κ1) is 9.93. The summed E-state index contributed by atoms with van der Waals surface area (Å²) in [6, 6.07) is 0.638. The van der Waals surface area contributed by atoms with E-state index in [2.05, 4.69) is 5.32 Å². The Morgan fingerprint density at radius 3 is 2.29 bits per heavy atom. The Labute approximate surface area is 84.4 Å². The largest absolute Gasteiger partial charge is 0.352 e. The normalized spacial score (nSPS) is 35.0. The summed E-state index contributed by atoms with van der Waals surface area (Å²) < 4.78 is 0. The van der Waals surface area contributed by atoms with Crippen LogP contribution in [0.1, 0.15) is 38.5 Å². The first-order valence-corrected chi connectivity index (χ1v) is 5.45. The van der Waals surface area contributed by atoms with Gasteiger partial charge in [0.1, 0.15) is 0 Å². The molecule has 0 saturated heterocycles. The maximum Gasteiger partial charge on any atom is 0.240 e. The highest BCUT2D eigenvalue weighted by atomic mass is 16.2. The molecule has 1 amide bonds. The molecule has 0 heterocycles. The van der Waals surface area contributed by atoms with E-state index in [0.717, 1.165) is 38.5 Å². The van der Waals surface area contributed by atoms with E-state index in [9.17, 15) is 4.79 Å². The third-order valence-corrected chi connectivity index (χ3v) is 3.35. The van der Waals surface area contributed by atoms with Gasteiger partial charge in [-0.1, -0.05) is 0 Å². The lowest BCUT2D eigenvalue weighted by atomic mass is 9.91. The average Bonchev–Trinajstić information content (AvgIpc) is 2.89. The van der Waals surface area contributed by atoms with Gasteiger partial charge in [-0.05, 0) is 38.5 Å². The summed E-state index contributed by atoms with van der Waals surface area (Å²) in [4.78, 5) is 11.6. The van der Waals surface area contributed by atoms with Crippen LogP contribution in [0.15, 0.2) is 0 Å². The third kappa shape index (κ3) is 2.07. The molecule has 0 bridgehead atoms. The molecule has 0 atom stereocenters. The van der Waals surface area contributed by atoms with Crippen LogP contribution in [0.2, 0.25) is 0 Å². The van der Waals surface area contributed by atoms with E-state index >= 15 is 0 Å². The van der Waals surface area contributed by atoms with Crippen LogP contribution in [-0.2, 0) is 4.79 Å². The predicted molar refractivity (Wildman–Crippen MR) is 54.5 cm³/mol. The molecule has 0 aromatic rings. The Balaban J connectivity index is 1.78. The van der Waals surface area contributed by atoms with Gasteiger partial charge in [0.25, 0.3) is 0 Å². The Hall–Kier alpha value is -0.610. The van der Waals surface area contributed by atoms with Crippen molar-refractivity contribution in [1.82, 2.24) is 5.32 Å². The molecule has 0 unspecified atom stereocenters. The molecule has 2 aliphatic carbocycles. The van der Waals surface area contributed by atoms with E-state index in [4.69, 9.17) is 11.5 Å². The van der Waals surface area contributed by atoms with E-state index in [1.807, 2.05) is 0 Å². The van der Waals surface area contributed by atoms with Crippen LogP contribution in [0.3, 0.4) is 0 Å². The lowest BCUT2D eigenvalue weighted by Crippen LogP contribution is -2.48. The SMILES string of the molecule is NC1CCC(NC(=O)C2(N)CC2)CC1. The van der Waals surface area contributed by atoms with Crippen molar-refractivity contribution in [2.24, 2.45) is 11.5 Å². The molecular formula is C10H19N3O. The summed E-state index contributed by atoms with van der Waals surface area (Å²) in [7, 11) is 0. The molecule has 2 rings (SSSR count). The quantitative estimate of drug-likeness (QED) is 0.576. The standard InChI is InChI=1S/C10H19N3O/c11-7-1-3-8(4-2-7)13-9(14)10(12)5-6-10/h7-8H,1-6,11-12H2,(H,13,14). The monoisotopic (exact) mass is 197 g/mol. The second-order valence-corrected chi connectivity index (χ2v) is 4.74. The molecule has 0 aromatic heterocycles. The molecule has 5 N–H and O–H groups in total. The van der Waals surface area contributed by atoms with Gasteiger partial charge < -0.3 is 16.8 Å². The topological polar surface area (TPSA) is 81.1 Å². The molecule has 2 saturated carbocycles. The van der Waals surface area contributed by atoms with Gasteiger partial charge in [0, 0.05) is 12.1 Å². The Morgan fingerprint density at radius 1 is 1.21 bits per heavy atom. The van der Waals surface area contributed by atoms with E-state index in [1.165, 1.54) is 0 Å². The number of carbonyl (C=O) groups is 1.